The zero-order chi connectivity index (χ0) is 31.0. The van der Waals surface area contributed by atoms with Gasteiger partial charge in [0.15, 0.2) is 0 Å². The molecule has 1 fully saturated rings. The molecule has 1 aliphatic rings. The number of benzene rings is 1. The minimum atomic E-state index is -4.27. The Labute approximate surface area is 257 Å². The van der Waals surface area contributed by atoms with E-state index < -0.39 is 12.6 Å². The number of halogens is 3. The Kier molecular flexibility index (Phi) is 8.22. The average molecular weight is 622 g/mol. The fourth-order valence-corrected chi connectivity index (χ4v) is 7.10. The van der Waals surface area contributed by atoms with Gasteiger partial charge in [0.05, 0.1) is 11.8 Å². The summed E-state index contributed by atoms with van der Waals surface area (Å²) >= 11 is 1.06. The Hall–Kier alpha value is -4.15. The molecule has 230 valence electrons. The molecule has 6 rings (SSSR count). The van der Waals surface area contributed by atoms with Crippen molar-refractivity contribution in [3.05, 3.63) is 63.9 Å². The fraction of sp³-hybridized carbons (Fsp3) is 0.419. The number of hydrogen-bond donors (Lipinski definition) is 3. The number of H-pyrrole nitrogens is 1. The molecule has 5 aromatic rings. The van der Waals surface area contributed by atoms with E-state index in [9.17, 15) is 18.4 Å². The number of thiophene rings is 1. The van der Waals surface area contributed by atoms with Crippen molar-refractivity contribution in [1.82, 2.24) is 29.6 Å². The zero-order valence-electron chi connectivity index (χ0n) is 24.8. The van der Waals surface area contributed by atoms with Gasteiger partial charge in [0.25, 0.3) is 0 Å². The van der Waals surface area contributed by atoms with Crippen LogP contribution >= 0.6 is 11.3 Å². The lowest BCUT2D eigenvalue weighted by molar-refractivity contribution is -0.126. The normalized spacial score (nSPS) is 15.6. The van der Waals surface area contributed by atoms with Gasteiger partial charge >= 0.3 is 6.18 Å². The van der Waals surface area contributed by atoms with E-state index in [0.29, 0.717) is 34.2 Å². The molecule has 0 saturated carbocycles. The Morgan fingerprint density at radius 1 is 1.16 bits per heavy atom. The summed E-state index contributed by atoms with van der Waals surface area (Å²) in [7, 11) is 1.70. The second-order valence-corrected chi connectivity index (χ2v) is 12.6. The van der Waals surface area contributed by atoms with Crippen molar-refractivity contribution in [2.24, 2.45) is 0 Å². The van der Waals surface area contributed by atoms with Crippen LogP contribution in [0.2, 0.25) is 0 Å². The first kappa shape index (κ1) is 29.9. The SMILES string of the molecule is CNc1nc(NC2CCN(Cc3ccc4c(cc(C#N)n4CC(C)c4ccn[nH]4)c3C)CC2)c2cc(CC(F)(F)F)sc2n1. The number of nitrogens with zero attached hydrogens (tertiary/aromatic N) is 6. The lowest BCUT2D eigenvalue weighted by Crippen LogP contribution is -2.39. The lowest BCUT2D eigenvalue weighted by Gasteiger charge is -2.33. The first-order valence-electron chi connectivity index (χ1n) is 14.7. The summed E-state index contributed by atoms with van der Waals surface area (Å²) in [5, 5.41) is 25.1. The maximum atomic E-state index is 13.0. The first-order chi connectivity index (χ1) is 21.1. The molecule has 4 aromatic heterocycles. The van der Waals surface area contributed by atoms with Crippen molar-refractivity contribution in [2.45, 2.75) is 64.3 Å². The second kappa shape index (κ2) is 12.1. The van der Waals surface area contributed by atoms with Crippen LogP contribution in [0, 0.1) is 18.3 Å². The van der Waals surface area contributed by atoms with Crippen LogP contribution in [0.3, 0.4) is 0 Å². The van der Waals surface area contributed by atoms with Crippen LogP contribution in [-0.2, 0) is 19.5 Å². The Balaban J connectivity index is 1.13. The lowest BCUT2D eigenvalue weighted by atomic mass is 10.0. The number of aromatic amines is 1. The fourth-order valence-electron chi connectivity index (χ4n) is 6.04. The summed E-state index contributed by atoms with van der Waals surface area (Å²) in [6, 6.07) is 12.3. The van der Waals surface area contributed by atoms with Crippen LogP contribution in [0.25, 0.3) is 21.1 Å². The van der Waals surface area contributed by atoms with Gasteiger partial charge in [-0.25, -0.2) is 4.98 Å². The number of aromatic nitrogens is 5. The summed E-state index contributed by atoms with van der Waals surface area (Å²) < 4.78 is 41.2. The summed E-state index contributed by atoms with van der Waals surface area (Å²) in [5.74, 6) is 1.14. The van der Waals surface area contributed by atoms with Crippen molar-refractivity contribution in [3.8, 4) is 6.07 Å². The van der Waals surface area contributed by atoms with Gasteiger partial charge in [-0.3, -0.25) is 10.00 Å². The van der Waals surface area contributed by atoms with Crippen LogP contribution < -0.4 is 10.6 Å². The van der Waals surface area contributed by atoms with Crippen molar-refractivity contribution in [3.63, 3.8) is 0 Å². The van der Waals surface area contributed by atoms with Gasteiger partial charge in [-0.2, -0.15) is 28.5 Å². The van der Waals surface area contributed by atoms with Gasteiger partial charge in [-0.05, 0) is 55.2 Å². The molecule has 13 heteroatoms. The summed E-state index contributed by atoms with van der Waals surface area (Å²) in [6.07, 6.45) is -1.75. The number of aryl methyl sites for hydroxylation is 1. The van der Waals surface area contributed by atoms with Crippen LogP contribution in [0.5, 0.6) is 0 Å². The van der Waals surface area contributed by atoms with Crippen molar-refractivity contribution in [2.75, 3.05) is 30.8 Å². The first-order valence-corrected chi connectivity index (χ1v) is 15.5. The molecular weight excluding hydrogens is 587 g/mol. The van der Waals surface area contributed by atoms with E-state index in [1.165, 1.54) is 11.1 Å². The van der Waals surface area contributed by atoms with E-state index in [2.05, 4.69) is 72.3 Å². The van der Waals surface area contributed by atoms with E-state index in [1.54, 1.807) is 19.3 Å². The topological polar surface area (TPSA) is 110 Å². The van der Waals surface area contributed by atoms with E-state index in [0.717, 1.165) is 60.4 Å². The minimum Gasteiger partial charge on any atom is -0.367 e. The summed E-state index contributed by atoms with van der Waals surface area (Å²) in [5.41, 5.74) is 5.16. The maximum Gasteiger partial charge on any atom is 0.393 e. The average Bonchev–Trinajstić information content (AvgIpc) is 3.74. The zero-order valence-corrected chi connectivity index (χ0v) is 25.6. The highest BCUT2D eigenvalue weighted by molar-refractivity contribution is 7.18. The summed E-state index contributed by atoms with van der Waals surface area (Å²) in [6.45, 7) is 7.48. The van der Waals surface area contributed by atoms with Crippen molar-refractivity contribution < 1.29 is 13.2 Å². The minimum absolute atomic E-state index is 0.146. The molecule has 0 radical (unpaired) electrons. The molecule has 0 amide bonds. The molecular formula is C31H34F3N9S. The van der Waals surface area contributed by atoms with E-state index >= 15 is 0 Å². The molecule has 0 spiro atoms. The maximum absolute atomic E-state index is 13.0. The molecule has 1 unspecified atom stereocenters. The van der Waals surface area contributed by atoms with Gasteiger partial charge in [0.1, 0.15) is 22.4 Å². The largest absolute Gasteiger partial charge is 0.393 e. The summed E-state index contributed by atoms with van der Waals surface area (Å²) in [4.78, 5) is 12.1. The smallest absolute Gasteiger partial charge is 0.367 e. The standard InChI is InChI=1S/C31H34F3N9S/c1-18(26-6-9-37-41-26)16-43-22(15-35)12-24-19(2)20(4-5-27(24)43)17-42-10-7-21(8-11-42)38-28-25-13-23(14-31(32,33)34)44-29(25)40-30(36-3)39-28/h4-6,9,12-13,18,21H,7-8,10-11,14,16-17H2,1-3H3,(H,37,41)(H2,36,38,39,40). The van der Waals surface area contributed by atoms with Crippen LogP contribution in [-0.4, -0.2) is 62.0 Å². The highest BCUT2D eigenvalue weighted by Gasteiger charge is 2.29. The molecule has 1 saturated heterocycles. The molecule has 1 aliphatic heterocycles. The number of anilines is 2. The highest BCUT2D eigenvalue weighted by atomic mass is 32.1. The number of hydrogen-bond acceptors (Lipinski definition) is 8. The predicted octanol–water partition coefficient (Wildman–Crippen LogP) is 6.58. The number of rotatable bonds is 9. The molecule has 44 heavy (non-hydrogen) atoms. The van der Waals surface area contributed by atoms with Crippen LogP contribution in [0.1, 0.15) is 53.1 Å². The number of piperidine rings is 1. The number of likely N-dealkylation sites (tertiary alicyclic amines) is 1. The van der Waals surface area contributed by atoms with Crippen molar-refractivity contribution in [1.29, 1.82) is 5.26 Å². The van der Waals surface area contributed by atoms with Gasteiger partial charge in [-0.15, -0.1) is 11.3 Å². The van der Waals surface area contributed by atoms with Gasteiger partial charge < -0.3 is 15.2 Å². The number of fused-ring (bicyclic) bond motifs is 2. The monoisotopic (exact) mass is 621 g/mol. The second-order valence-electron chi connectivity index (χ2n) is 11.5. The molecule has 1 atom stereocenters. The molecule has 1 aromatic carbocycles. The van der Waals surface area contributed by atoms with Gasteiger partial charge in [0.2, 0.25) is 5.95 Å². The molecule has 9 nitrogen and oxygen atoms in total. The van der Waals surface area contributed by atoms with Gasteiger partial charge in [-0.1, -0.05) is 13.0 Å². The highest BCUT2D eigenvalue weighted by Crippen LogP contribution is 2.35. The third-order valence-corrected chi connectivity index (χ3v) is 9.48. The molecule has 0 bridgehead atoms. The number of alkyl halides is 3. The Morgan fingerprint density at radius 3 is 2.64 bits per heavy atom. The third kappa shape index (κ3) is 6.23. The molecule has 5 heterocycles. The van der Waals surface area contributed by atoms with Gasteiger partial charge in [0, 0.05) is 72.9 Å². The molecule has 0 aliphatic carbocycles. The predicted molar refractivity (Wildman–Crippen MR) is 167 cm³/mol. The van der Waals surface area contributed by atoms with Crippen LogP contribution in [0.15, 0.2) is 36.5 Å². The van der Waals surface area contributed by atoms with E-state index in [-0.39, 0.29) is 16.8 Å². The number of nitrogens with one attached hydrogen (secondary N) is 3. The Morgan fingerprint density at radius 2 is 1.95 bits per heavy atom. The Bertz CT molecular complexity index is 1810. The quantitative estimate of drug-likeness (QED) is 0.171. The van der Waals surface area contributed by atoms with E-state index in [1.807, 2.05) is 12.1 Å². The molecule has 3 N–H and O–H groups in total. The van der Waals surface area contributed by atoms with Crippen molar-refractivity contribution >= 4 is 44.2 Å². The van der Waals surface area contributed by atoms with Crippen LogP contribution in [0.4, 0.5) is 24.9 Å². The van der Waals surface area contributed by atoms with E-state index in [4.69, 9.17) is 0 Å². The number of nitriles is 1. The third-order valence-electron chi connectivity index (χ3n) is 8.46.